The van der Waals surface area contributed by atoms with E-state index in [-0.39, 0.29) is 0 Å². The molecule has 2 aromatic heterocycles. The maximum absolute atomic E-state index is 4.14. The lowest BCUT2D eigenvalue weighted by atomic mass is 10.1. The summed E-state index contributed by atoms with van der Waals surface area (Å²) >= 11 is 0. The predicted molar refractivity (Wildman–Crippen MR) is 68.4 cm³/mol. The first-order valence-electron chi connectivity index (χ1n) is 5.92. The highest BCUT2D eigenvalue weighted by Crippen LogP contribution is 2.20. The van der Waals surface area contributed by atoms with E-state index in [9.17, 15) is 0 Å². The van der Waals surface area contributed by atoms with Crippen molar-refractivity contribution in [2.24, 2.45) is 0 Å². The second-order valence-electron chi connectivity index (χ2n) is 4.25. The molecule has 0 aliphatic carbocycles. The summed E-state index contributed by atoms with van der Waals surface area (Å²) in [5, 5.41) is 7.19. The van der Waals surface area contributed by atoms with E-state index in [1.807, 2.05) is 24.5 Å². The SMILES string of the molecule is CCCN(C)Cc1cn[nH]c1-c1cccnc1. The monoisotopic (exact) mass is 230 g/mol. The van der Waals surface area contributed by atoms with Gasteiger partial charge in [-0.3, -0.25) is 10.1 Å². The molecular weight excluding hydrogens is 212 g/mol. The molecule has 0 aliphatic rings. The van der Waals surface area contributed by atoms with E-state index in [2.05, 4.69) is 34.1 Å². The lowest BCUT2D eigenvalue weighted by Crippen LogP contribution is -2.18. The molecule has 90 valence electrons. The van der Waals surface area contributed by atoms with Crippen molar-refractivity contribution < 1.29 is 0 Å². The van der Waals surface area contributed by atoms with Crippen molar-refractivity contribution in [2.75, 3.05) is 13.6 Å². The number of hydrogen-bond donors (Lipinski definition) is 1. The largest absolute Gasteiger partial charge is 0.302 e. The van der Waals surface area contributed by atoms with E-state index in [1.54, 1.807) is 6.20 Å². The fourth-order valence-electron chi connectivity index (χ4n) is 1.94. The van der Waals surface area contributed by atoms with Crippen LogP contribution in [0.15, 0.2) is 30.7 Å². The van der Waals surface area contributed by atoms with E-state index in [4.69, 9.17) is 0 Å². The first-order chi connectivity index (χ1) is 8.31. The third-order valence-corrected chi connectivity index (χ3v) is 2.71. The zero-order valence-corrected chi connectivity index (χ0v) is 10.3. The van der Waals surface area contributed by atoms with Gasteiger partial charge in [-0.1, -0.05) is 6.92 Å². The van der Waals surface area contributed by atoms with Crippen molar-refractivity contribution >= 4 is 0 Å². The summed E-state index contributed by atoms with van der Waals surface area (Å²) in [4.78, 5) is 6.43. The first kappa shape index (κ1) is 11.8. The van der Waals surface area contributed by atoms with E-state index in [0.717, 1.165) is 30.8 Å². The van der Waals surface area contributed by atoms with Crippen molar-refractivity contribution in [1.29, 1.82) is 0 Å². The predicted octanol–water partition coefficient (Wildman–Crippen LogP) is 2.31. The van der Waals surface area contributed by atoms with Gasteiger partial charge in [0.1, 0.15) is 0 Å². The zero-order valence-electron chi connectivity index (χ0n) is 10.3. The summed E-state index contributed by atoms with van der Waals surface area (Å²) in [6.07, 6.45) is 6.70. The van der Waals surface area contributed by atoms with Crippen molar-refractivity contribution in [1.82, 2.24) is 20.1 Å². The summed E-state index contributed by atoms with van der Waals surface area (Å²) in [5.74, 6) is 0. The second-order valence-corrected chi connectivity index (χ2v) is 4.25. The summed E-state index contributed by atoms with van der Waals surface area (Å²) in [6, 6.07) is 3.99. The number of aromatic nitrogens is 3. The third kappa shape index (κ3) is 2.91. The Bertz CT molecular complexity index is 449. The Labute approximate surface area is 102 Å². The van der Waals surface area contributed by atoms with Gasteiger partial charge in [-0.25, -0.2) is 0 Å². The molecule has 17 heavy (non-hydrogen) atoms. The molecule has 0 aliphatic heterocycles. The van der Waals surface area contributed by atoms with Crippen LogP contribution in [0.1, 0.15) is 18.9 Å². The normalized spacial score (nSPS) is 11.0. The number of nitrogens with zero attached hydrogens (tertiary/aromatic N) is 3. The van der Waals surface area contributed by atoms with Crippen LogP contribution in [0.3, 0.4) is 0 Å². The van der Waals surface area contributed by atoms with Crippen LogP contribution in [-0.4, -0.2) is 33.7 Å². The summed E-state index contributed by atoms with van der Waals surface area (Å²) < 4.78 is 0. The van der Waals surface area contributed by atoms with Gasteiger partial charge in [0.25, 0.3) is 0 Å². The van der Waals surface area contributed by atoms with Gasteiger partial charge in [0, 0.05) is 30.1 Å². The average molecular weight is 230 g/mol. The van der Waals surface area contributed by atoms with Crippen LogP contribution in [0.25, 0.3) is 11.3 Å². The number of aromatic amines is 1. The van der Waals surface area contributed by atoms with Gasteiger partial charge in [0.05, 0.1) is 11.9 Å². The molecule has 2 rings (SSSR count). The number of nitrogens with one attached hydrogen (secondary N) is 1. The van der Waals surface area contributed by atoms with Crippen LogP contribution in [0.5, 0.6) is 0 Å². The maximum Gasteiger partial charge on any atom is 0.0710 e. The quantitative estimate of drug-likeness (QED) is 0.857. The Kier molecular flexibility index (Phi) is 3.88. The molecule has 0 fully saturated rings. The van der Waals surface area contributed by atoms with Gasteiger partial charge in [-0.15, -0.1) is 0 Å². The lowest BCUT2D eigenvalue weighted by Gasteiger charge is -2.15. The fourth-order valence-corrected chi connectivity index (χ4v) is 1.94. The van der Waals surface area contributed by atoms with Crippen molar-refractivity contribution in [3.8, 4) is 11.3 Å². The fraction of sp³-hybridized carbons (Fsp3) is 0.385. The molecule has 0 amide bonds. The second kappa shape index (κ2) is 5.59. The van der Waals surface area contributed by atoms with Gasteiger partial charge in [0.15, 0.2) is 0 Å². The molecule has 0 saturated carbocycles. The minimum atomic E-state index is 0.911. The van der Waals surface area contributed by atoms with Crippen LogP contribution >= 0.6 is 0 Å². The van der Waals surface area contributed by atoms with Gasteiger partial charge < -0.3 is 4.90 Å². The van der Waals surface area contributed by atoms with Crippen molar-refractivity contribution in [3.63, 3.8) is 0 Å². The van der Waals surface area contributed by atoms with Gasteiger partial charge in [-0.05, 0) is 32.1 Å². The van der Waals surface area contributed by atoms with Gasteiger partial charge in [0.2, 0.25) is 0 Å². The minimum absolute atomic E-state index is 0.911. The van der Waals surface area contributed by atoms with Crippen LogP contribution < -0.4 is 0 Å². The first-order valence-corrected chi connectivity index (χ1v) is 5.92. The number of H-pyrrole nitrogens is 1. The maximum atomic E-state index is 4.14. The molecule has 0 bridgehead atoms. The summed E-state index contributed by atoms with van der Waals surface area (Å²) in [7, 11) is 2.13. The molecule has 2 aromatic rings. The van der Waals surface area contributed by atoms with Crippen LogP contribution in [0.4, 0.5) is 0 Å². The summed E-state index contributed by atoms with van der Waals surface area (Å²) in [6.45, 7) is 4.19. The van der Waals surface area contributed by atoms with Gasteiger partial charge in [-0.2, -0.15) is 5.10 Å². The highest BCUT2D eigenvalue weighted by molar-refractivity contribution is 5.61. The smallest absolute Gasteiger partial charge is 0.0710 e. The Morgan fingerprint density at radius 2 is 2.24 bits per heavy atom. The molecule has 0 atom stereocenters. The van der Waals surface area contributed by atoms with E-state index >= 15 is 0 Å². The molecule has 0 saturated heterocycles. The molecule has 0 radical (unpaired) electrons. The van der Waals surface area contributed by atoms with E-state index in [1.165, 1.54) is 5.56 Å². The third-order valence-electron chi connectivity index (χ3n) is 2.71. The molecule has 0 unspecified atom stereocenters. The molecule has 0 aromatic carbocycles. The topological polar surface area (TPSA) is 44.8 Å². The number of hydrogen-bond acceptors (Lipinski definition) is 3. The van der Waals surface area contributed by atoms with Crippen LogP contribution in [-0.2, 0) is 6.54 Å². The molecular formula is C13H18N4. The molecule has 0 spiro atoms. The lowest BCUT2D eigenvalue weighted by molar-refractivity contribution is 0.328. The highest BCUT2D eigenvalue weighted by Gasteiger charge is 2.09. The average Bonchev–Trinajstić information content (AvgIpc) is 2.78. The van der Waals surface area contributed by atoms with Crippen molar-refractivity contribution in [2.45, 2.75) is 19.9 Å². The van der Waals surface area contributed by atoms with E-state index in [0.29, 0.717) is 0 Å². The van der Waals surface area contributed by atoms with Crippen molar-refractivity contribution in [3.05, 3.63) is 36.3 Å². The Hall–Kier alpha value is -1.68. The number of pyridine rings is 1. The standard InChI is InChI=1S/C13H18N4/c1-3-7-17(2)10-12-9-15-16-13(12)11-5-4-6-14-8-11/h4-6,8-9H,3,7,10H2,1-2H3,(H,15,16). The number of rotatable bonds is 5. The van der Waals surface area contributed by atoms with Gasteiger partial charge >= 0.3 is 0 Å². The minimum Gasteiger partial charge on any atom is -0.302 e. The molecule has 2 heterocycles. The summed E-state index contributed by atoms with van der Waals surface area (Å²) in [5.41, 5.74) is 3.37. The Balaban J connectivity index is 2.18. The van der Waals surface area contributed by atoms with E-state index < -0.39 is 0 Å². The molecule has 1 N–H and O–H groups in total. The highest BCUT2D eigenvalue weighted by atomic mass is 15.1. The zero-order chi connectivity index (χ0) is 12.1. The van der Waals surface area contributed by atoms with Crippen LogP contribution in [0, 0.1) is 0 Å². The Morgan fingerprint density at radius 3 is 2.94 bits per heavy atom. The Morgan fingerprint density at radius 1 is 1.35 bits per heavy atom. The molecule has 4 heteroatoms. The molecule has 4 nitrogen and oxygen atoms in total. The van der Waals surface area contributed by atoms with Crippen LogP contribution in [0.2, 0.25) is 0 Å².